The predicted octanol–water partition coefficient (Wildman–Crippen LogP) is 14.8. The molecule has 0 spiro atoms. The molecule has 0 rings (SSSR count). The quantitative estimate of drug-likeness (QED) is 0.0202. The highest BCUT2D eigenvalue weighted by molar-refractivity contribution is 5.71. The van der Waals surface area contributed by atoms with Crippen molar-refractivity contribution in [3.05, 3.63) is 48.6 Å². The van der Waals surface area contributed by atoms with Crippen molar-refractivity contribution in [3.8, 4) is 0 Å². The molecule has 0 N–H and O–H groups in total. The second-order valence-corrected chi connectivity index (χ2v) is 15.3. The van der Waals surface area contributed by atoms with Gasteiger partial charge in [0, 0.05) is 19.3 Å². The van der Waals surface area contributed by atoms with Crippen LogP contribution in [-0.4, -0.2) is 37.2 Å². The third-order valence-electron chi connectivity index (χ3n) is 9.80. The van der Waals surface area contributed by atoms with Gasteiger partial charge in [-0.05, 0) is 83.5 Å². The summed E-state index contributed by atoms with van der Waals surface area (Å²) >= 11 is 0. The van der Waals surface area contributed by atoms with Gasteiger partial charge in [-0.3, -0.25) is 14.4 Å². The first kappa shape index (κ1) is 52.4. The van der Waals surface area contributed by atoms with Gasteiger partial charge < -0.3 is 14.2 Å². The standard InChI is InChI=1S/C49H86O6/c1-4-7-10-13-16-19-21-22-23-24-25-26-28-30-33-36-39-42-48(51)54-45-46(44-53-47(50)41-38-35-32-29-18-15-12-9-6-3)55-49(52)43-40-37-34-31-27-20-17-14-11-8-5-2/h14,17,20,22-23,27,29,32,46H,4-13,15-16,18-19,21,24-26,28,30-31,33-45H2,1-3H3/b17-14-,23-22-,27-20-,32-29-. The van der Waals surface area contributed by atoms with E-state index >= 15 is 0 Å². The minimum Gasteiger partial charge on any atom is -0.462 e. The van der Waals surface area contributed by atoms with Gasteiger partial charge in [-0.25, -0.2) is 0 Å². The second kappa shape index (κ2) is 44.1. The SMILES string of the molecule is CCCC/C=C\C=C/CCCCCC(=O)OC(COC(=O)CCC/C=C\CCCCCC)COC(=O)CCCCCCCCC/C=C\CCCCCCCC. The Labute approximate surface area is 339 Å². The van der Waals surface area contributed by atoms with Crippen molar-refractivity contribution >= 4 is 17.9 Å². The summed E-state index contributed by atoms with van der Waals surface area (Å²) in [4.78, 5) is 37.6. The Morgan fingerprint density at radius 3 is 1.18 bits per heavy atom. The summed E-state index contributed by atoms with van der Waals surface area (Å²) in [6, 6.07) is 0. The molecule has 0 aromatic heterocycles. The monoisotopic (exact) mass is 771 g/mol. The highest BCUT2D eigenvalue weighted by Crippen LogP contribution is 2.13. The highest BCUT2D eigenvalue weighted by Gasteiger charge is 2.19. The van der Waals surface area contributed by atoms with Crippen LogP contribution < -0.4 is 0 Å². The van der Waals surface area contributed by atoms with Crippen molar-refractivity contribution < 1.29 is 28.6 Å². The topological polar surface area (TPSA) is 78.9 Å². The number of carbonyl (C=O) groups excluding carboxylic acids is 3. The Morgan fingerprint density at radius 2 is 0.691 bits per heavy atom. The fraction of sp³-hybridized carbons (Fsp3) is 0.776. The van der Waals surface area contributed by atoms with Gasteiger partial charge >= 0.3 is 17.9 Å². The van der Waals surface area contributed by atoms with Crippen LogP contribution in [0.5, 0.6) is 0 Å². The summed E-state index contributed by atoms with van der Waals surface area (Å²) < 4.78 is 16.6. The van der Waals surface area contributed by atoms with Crippen molar-refractivity contribution in [2.24, 2.45) is 0 Å². The van der Waals surface area contributed by atoms with Crippen LogP contribution in [0, 0.1) is 0 Å². The summed E-state index contributed by atoms with van der Waals surface area (Å²) in [6.45, 7) is 6.48. The molecule has 1 atom stereocenters. The molecule has 6 heteroatoms. The summed E-state index contributed by atoms with van der Waals surface area (Å²) in [5.74, 6) is -0.966. The van der Waals surface area contributed by atoms with E-state index in [0.29, 0.717) is 25.7 Å². The smallest absolute Gasteiger partial charge is 0.306 e. The molecule has 0 saturated heterocycles. The van der Waals surface area contributed by atoms with Crippen LogP contribution in [0.1, 0.15) is 226 Å². The van der Waals surface area contributed by atoms with Gasteiger partial charge in [-0.1, -0.05) is 172 Å². The van der Waals surface area contributed by atoms with Crippen molar-refractivity contribution in [3.63, 3.8) is 0 Å². The van der Waals surface area contributed by atoms with Crippen molar-refractivity contribution in [2.45, 2.75) is 232 Å². The minimum absolute atomic E-state index is 0.0946. The van der Waals surface area contributed by atoms with Crippen molar-refractivity contribution in [1.29, 1.82) is 0 Å². The summed E-state index contributed by atoms with van der Waals surface area (Å²) in [7, 11) is 0. The van der Waals surface area contributed by atoms with Crippen LogP contribution in [0.15, 0.2) is 48.6 Å². The van der Waals surface area contributed by atoms with E-state index in [1.807, 2.05) is 0 Å². The summed E-state index contributed by atoms with van der Waals surface area (Å²) in [5, 5.41) is 0. The Kier molecular flexibility index (Phi) is 42.0. The lowest BCUT2D eigenvalue weighted by molar-refractivity contribution is -0.167. The molecular weight excluding hydrogens is 685 g/mol. The third kappa shape index (κ3) is 42.4. The van der Waals surface area contributed by atoms with Crippen LogP contribution >= 0.6 is 0 Å². The Morgan fingerprint density at radius 1 is 0.364 bits per heavy atom. The lowest BCUT2D eigenvalue weighted by atomic mass is 10.1. The molecule has 0 heterocycles. The number of unbranched alkanes of at least 4 members (excludes halogenated alkanes) is 23. The molecule has 0 aliphatic carbocycles. The van der Waals surface area contributed by atoms with Crippen molar-refractivity contribution in [2.75, 3.05) is 13.2 Å². The fourth-order valence-electron chi connectivity index (χ4n) is 6.24. The Balaban J connectivity index is 4.36. The maximum Gasteiger partial charge on any atom is 0.306 e. The van der Waals surface area contributed by atoms with Gasteiger partial charge in [0.25, 0.3) is 0 Å². The largest absolute Gasteiger partial charge is 0.462 e. The molecule has 0 fully saturated rings. The highest BCUT2D eigenvalue weighted by atomic mass is 16.6. The molecule has 0 radical (unpaired) electrons. The molecule has 318 valence electrons. The fourth-order valence-corrected chi connectivity index (χ4v) is 6.24. The van der Waals surface area contributed by atoms with Crippen LogP contribution in [0.25, 0.3) is 0 Å². The Bertz CT molecular complexity index is 980. The number of hydrogen-bond acceptors (Lipinski definition) is 6. The molecule has 55 heavy (non-hydrogen) atoms. The summed E-state index contributed by atoms with van der Waals surface area (Å²) in [5.41, 5.74) is 0. The predicted molar refractivity (Wildman–Crippen MR) is 233 cm³/mol. The van der Waals surface area contributed by atoms with E-state index in [4.69, 9.17) is 14.2 Å². The van der Waals surface area contributed by atoms with Gasteiger partial charge in [0.2, 0.25) is 0 Å². The van der Waals surface area contributed by atoms with Crippen molar-refractivity contribution in [1.82, 2.24) is 0 Å². The number of hydrogen-bond donors (Lipinski definition) is 0. The summed E-state index contributed by atoms with van der Waals surface area (Å²) in [6.07, 6.45) is 51.1. The van der Waals surface area contributed by atoms with Gasteiger partial charge in [-0.2, -0.15) is 0 Å². The molecule has 0 aromatic carbocycles. The zero-order valence-electron chi connectivity index (χ0n) is 36.2. The third-order valence-corrected chi connectivity index (χ3v) is 9.80. The van der Waals surface area contributed by atoms with Crippen LogP contribution in [0.2, 0.25) is 0 Å². The minimum atomic E-state index is -0.795. The first-order chi connectivity index (χ1) is 27.0. The molecular formula is C49H86O6. The van der Waals surface area contributed by atoms with Gasteiger partial charge in [0.15, 0.2) is 6.10 Å². The van der Waals surface area contributed by atoms with E-state index in [2.05, 4.69) is 69.4 Å². The maximum atomic E-state index is 12.7. The van der Waals surface area contributed by atoms with E-state index in [0.717, 1.165) is 64.2 Å². The maximum absolute atomic E-state index is 12.7. The molecule has 6 nitrogen and oxygen atoms in total. The van der Waals surface area contributed by atoms with Crippen LogP contribution in [0.3, 0.4) is 0 Å². The molecule has 0 amide bonds. The van der Waals surface area contributed by atoms with Crippen LogP contribution in [-0.2, 0) is 28.6 Å². The average molecular weight is 771 g/mol. The lowest BCUT2D eigenvalue weighted by Crippen LogP contribution is -2.30. The van der Waals surface area contributed by atoms with E-state index in [9.17, 15) is 14.4 Å². The molecule has 0 bridgehead atoms. The number of allylic oxidation sites excluding steroid dienone is 8. The zero-order valence-corrected chi connectivity index (χ0v) is 36.2. The normalized spacial score (nSPS) is 12.4. The first-order valence-corrected chi connectivity index (χ1v) is 23.2. The lowest BCUT2D eigenvalue weighted by Gasteiger charge is -2.18. The molecule has 0 saturated carbocycles. The first-order valence-electron chi connectivity index (χ1n) is 23.2. The number of rotatable bonds is 41. The van der Waals surface area contributed by atoms with Gasteiger partial charge in [0.1, 0.15) is 13.2 Å². The van der Waals surface area contributed by atoms with Gasteiger partial charge in [0.05, 0.1) is 0 Å². The van der Waals surface area contributed by atoms with E-state index in [1.54, 1.807) is 0 Å². The number of carbonyl (C=O) groups is 3. The average Bonchev–Trinajstić information content (AvgIpc) is 3.18. The van der Waals surface area contributed by atoms with E-state index in [1.165, 1.54) is 116 Å². The second-order valence-electron chi connectivity index (χ2n) is 15.3. The molecule has 0 aromatic rings. The molecule has 0 aliphatic rings. The number of ether oxygens (including phenoxy) is 3. The number of esters is 3. The van der Waals surface area contributed by atoms with E-state index in [-0.39, 0.29) is 31.1 Å². The van der Waals surface area contributed by atoms with Gasteiger partial charge in [-0.15, -0.1) is 0 Å². The zero-order chi connectivity index (χ0) is 40.1. The molecule has 0 aliphatic heterocycles. The van der Waals surface area contributed by atoms with Crippen LogP contribution in [0.4, 0.5) is 0 Å². The van der Waals surface area contributed by atoms with E-state index < -0.39 is 6.10 Å². The Hall–Kier alpha value is -2.63. The molecule has 1 unspecified atom stereocenters.